The first-order valence-corrected chi connectivity index (χ1v) is 8.95. The van der Waals surface area contributed by atoms with Gasteiger partial charge in [0.15, 0.2) is 0 Å². The van der Waals surface area contributed by atoms with Crippen molar-refractivity contribution in [3.63, 3.8) is 0 Å². The minimum Gasteiger partial charge on any atom is -0.495 e. The van der Waals surface area contributed by atoms with E-state index in [1.807, 2.05) is 47.4 Å². The molecule has 0 saturated carbocycles. The van der Waals surface area contributed by atoms with E-state index in [1.165, 1.54) is 0 Å². The van der Waals surface area contributed by atoms with E-state index in [2.05, 4.69) is 38.9 Å². The third-order valence-corrected chi connectivity index (χ3v) is 5.05. The fourth-order valence-electron chi connectivity index (χ4n) is 2.80. The number of benzene rings is 2. The molecule has 0 unspecified atom stereocenters. The molecule has 24 heavy (non-hydrogen) atoms. The Labute approximate surface area is 155 Å². The van der Waals surface area contributed by atoms with Crippen LogP contribution in [0.4, 0.5) is 16.2 Å². The molecule has 0 aromatic heterocycles. The molecule has 6 heteroatoms. The standard InChI is InChI=1S/C18H20IN3O2/c1-24-17-9-5-4-8-16(17)21-10-12-22(13-11-21)18(23)20-15-7-3-2-6-14(15)19/h2-9H,10-13H2,1H3,(H,20,23). The van der Waals surface area contributed by atoms with Crippen LogP contribution in [0.2, 0.25) is 0 Å². The highest BCUT2D eigenvalue weighted by atomic mass is 127. The first-order chi connectivity index (χ1) is 11.7. The molecule has 0 aliphatic carbocycles. The van der Waals surface area contributed by atoms with Gasteiger partial charge in [0.2, 0.25) is 0 Å². The molecule has 2 aromatic rings. The van der Waals surface area contributed by atoms with Gasteiger partial charge >= 0.3 is 6.03 Å². The molecule has 126 valence electrons. The van der Waals surface area contributed by atoms with Gasteiger partial charge in [0, 0.05) is 29.7 Å². The smallest absolute Gasteiger partial charge is 0.321 e. The number of urea groups is 1. The second-order valence-corrected chi connectivity index (χ2v) is 6.72. The predicted molar refractivity (Wildman–Crippen MR) is 105 cm³/mol. The number of methoxy groups -OCH3 is 1. The number of carbonyl (C=O) groups excluding carboxylic acids is 1. The van der Waals surface area contributed by atoms with E-state index < -0.39 is 0 Å². The topological polar surface area (TPSA) is 44.8 Å². The van der Waals surface area contributed by atoms with Crippen LogP contribution in [0.25, 0.3) is 0 Å². The molecule has 1 heterocycles. The Kier molecular flexibility index (Phi) is 5.44. The lowest BCUT2D eigenvalue weighted by molar-refractivity contribution is 0.208. The highest BCUT2D eigenvalue weighted by molar-refractivity contribution is 14.1. The zero-order chi connectivity index (χ0) is 16.9. The Hall–Kier alpha value is -1.96. The number of para-hydroxylation sites is 3. The number of ether oxygens (including phenoxy) is 1. The summed E-state index contributed by atoms with van der Waals surface area (Å²) >= 11 is 2.23. The molecule has 1 N–H and O–H groups in total. The molecule has 0 radical (unpaired) electrons. The number of amides is 2. The molecule has 1 saturated heterocycles. The number of halogens is 1. The molecule has 2 amide bonds. The average Bonchev–Trinajstić information content (AvgIpc) is 2.63. The second-order valence-electron chi connectivity index (χ2n) is 5.56. The fraction of sp³-hybridized carbons (Fsp3) is 0.278. The zero-order valence-electron chi connectivity index (χ0n) is 13.5. The third kappa shape index (κ3) is 3.75. The lowest BCUT2D eigenvalue weighted by Crippen LogP contribution is -2.50. The number of hydrogen-bond acceptors (Lipinski definition) is 3. The average molecular weight is 437 g/mol. The molecule has 3 rings (SSSR count). The van der Waals surface area contributed by atoms with Gasteiger partial charge in [-0.3, -0.25) is 0 Å². The minimum atomic E-state index is -0.0428. The molecule has 1 fully saturated rings. The van der Waals surface area contributed by atoms with Crippen LogP contribution >= 0.6 is 22.6 Å². The summed E-state index contributed by atoms with van der Waals surface area (Å²) in [6, 6.07) is 15.7. The lowest BCUT2D eigenvalue weighted by atomic mass is 10.2. The summed E-state index contributed by atoms with van der Waals surface area (Å²) in [5.74, 6) is 0.870. The first kappa shape index (κ1) is 16.9. The number of piperazine rings is 1. The molecule has 0 spiro atoms. The van der Waals surface area contributed by atoms with Crippen molar-refractivity contribution in [2.24, 2.45) is 0 Å². The van der Waals surface area contributed by atoms with Crippen LogP contribution in [0, 0.1) is 3.57 Å². The zero-order valence-corrected chi connectivity index (χ0v) is 15.7. The Morgan fingerprint density at radius 3 is 2.42 bits per heavy atom. The van der Waals surface area contributed by atoms with E-state index in [4.69, 9.17) is 4.74 Å². The van der Waals surface area contributed by atoms with Gasteiger partial charge in [0.1, 0.15) is 5.75 Å². The van der Waals surface area contributed by atoms with Crippen LogP contribution in [0.3, 0.4) is 0 Å². The van der Waals surface area contributed by atoms with Gasteiger partial charge in [-0.05, 0) is 46.9 Å². The van der Waals surface area contributed by atoms with Gasteiger partial charge in [-0.25, -0.2) is 4.79 Å². The number of rotatable bonds is 3. The van der Waals surface area contributed by atoms with Gasteiger partial charge in [0.25, 0.3) is 0 Å². The van der Waals surface area contributed by atoms with E-state index in [1.54, 1.807) is 7.11 Å². The summed E-state index contributed by atoms with van der Waals surface area (Å²) in [7, 11) is 1.68. The van der Waals surface area contributed by atoms with Crippen LogP contribution in [0.5, 0.6) is 5.75 Å². The van der Waals surface area contributed by atoms with E-state index in [9.17, 15) is 4.79 Å². The van der Waals surface area contributed by atoms with Crippen molar-refractivity contribution in [3.8, 4) is 5.75 Å². The molecule has 2 aromatic carbocycles. The maximum atomic E-state index is 12.5. The van der Waals surface area contributed by atoms with Crippen LogP contribution in [-0.2, 0) is 0 Å². The van der Waals surface area contributed by atoms with E-state index in [0.717, 1.165) is 33.8 Å². The minimum absolute atomic E-state index is 0.0428. The van der Waals surface area contributed by atoms with Crippen molar-refractivity contribution in [1.29, 1.82) is 0 Å². The van der Waals surface area contributed by atoms with Gasteiger partial charge < -0.3 is 19.9 Å². The maximum Gasteiger partial charge on any atom is 0.321 e. The van der Waals surface area contributed by atoms with Crippen molar-refractivity contribution in [1.82, 2.24) is 4.90 Å². The summed E-state index contributed by atoms with van der Waals surface area (Å²) in [5.41, 5.74) is 1.94. The summed E-state index contributed by atoms with van der Waals surface area (Å²) in [4.78, 5) is 16.6. The quantitative estimate of drug-likeness (QED) is 0.746. The van der Waals surface area contributed by atoms with E-state index in [-0.39, 0.29) is 6.03 Å². The van der Waals surface area contributed by atoms with Gasteiger partial charge in [-0.15, -0.1) is 0 Å². The molecular formula is C18H20IN3O2. The normalized spacial score (nSPS) is 14.4. The molecule has 1 aliphatic heterocycles. The van der Waals surface area contributed by atoms with Crippen molar-refractivity contribution in [2.45, 2.75) is 0 Å². The summed E-state index contributed by atoms with van der Waals surface area (Å²) in [6.45, 7) is 2.96. The van der Waals surface area contributed by atoms with Crippen LogP contribution < -0.4 is 15.0 Å². The predicted octanol–water partition coefficient (Wildman–Crippen LogP) is 3.65. The highest BCUT2D eigenvalue weighted by Crippen LogP contribution is 2.28. The first-order valence-electron chi connectivity index (χ1n) is 7.87. The maximum absolute atomic E-state index is 12.5. The number of nitrogens with one attached hydrogen (secondary N) is 1. The SMILES string of the molecule is COc1ccccc1N1CCN(C(=O)Nc2ccccc2I)CC1. The van der Waals surface area contributed by atoms with E-state index in [0.29, 0.717) is 13.1 Å². The summed E-state index contributed by atoms with van der Waals surface area (Å²) < 4.78 is 6.47. The van der Waals surface area contributed by atoms with Gasteiger partial charge in [-0.1, -0.05) is 24.3 Å². The molecule has 0 bridgehead atoms. The Bertz CT molecular complexity index is 715. The Morgan fingerprint density at radius 2 is 1.71 bits per heavy atom. The molecular weight excluding hydrogens is 417 g/mol. The lowest BCUT2D eigenvalue weighted by Gasteiger charge is -2.36. The van der Waals surface area contributed by atoms with E-state index >= 15 is 0 Å². The summed E-state index contributed by atoms with van der Waals surface area (Å²) in [6.07, 6.45) is 0. The number of carbonyl (C=O) groups is 1. The van der Waals surface area contributed by atoms with Crippen molar-refractivity contribution >= 4 is 40.0 Å². The monoisotopic (exact) mass is 437 g/mol. The van der Waals surface area contributed by atoms with Crippen molar-refractivity contribution in [3.05, 3.63) is 52.1 Å². The fourth-order valence-corrected chi connectivity index (χ4v) is 3.32. The largest absolute Gasteiger partial charge is 0.495 e. The highest BCUT2D eigenvalue weighted by Gasteiger charge is 2.23. The Morgan fingerprint density at radius 1 is 1.04 bits per heavy atom. The Balaban J connectivity index is 1.61. The molecule has 1 aliphatic rings. The number of hydrogen-bond donors (Lipinski definition) is 1. The summed E-state index contributed by atoms with van der Waals surface area (Å²) in [5, 5.41) is 2.99. The van der Waals surface area contributed by atoms with Gasteiger partial charge in [0.05, 0.1) is 18.5 Å². The second kappa shape index (κ2) is 7.74. The molecule has 0 atom stereocenters. The third-order valence-electron chi connectivity index (χ3n) is 4.11. The van der Waals surface area contributed by atoms with Crippen molar-refractivity contribution < 1.29 is 9.53 Å². The number of anilines is 2. The van der Waals surface area contributed by atoms with Crippen LogP contribution in [0.1, 0.15) is 0 Å². The van der Waals surface area contributed by atoms with Crippen LogP contribution in [0.15, 0.2) is 48.5 Å². The molecule has 5 nitrogen and oxygen atoms in total. The van der Waals surface area contributed by atoms with Crippen molar-refractivity contribution in [2.75, 3.05) is 43.5 Å². The van der Waals surface area contributed by atoms with Crippen LogP contribution in [-0.4, -0.2) is 44.2 Å². The number of nitrogens with zero attached hydrogens (tertiary/aromatic N) is 2. The van der Waals surface area contributed by atoms with Gasteiger partial charge in [-0.2, -0.15) is 0 Å².